The summed E-state index contributed by atoms with van der Waals surface area (Å²) in [6, 6.07) is 7.50. The number of aryl methyl sites for hydroxylation is 1. The van der Waals surface area contributed by atoms with Crippen molar-refractivity contribution >= 4 is 6.08 Å². The molecule has 0 aliphatic carbocycles. The van der Waals surface area contributed by atoms with Gasteiger partial charge in [-0.3, -0.25) is 0 Å². The highest BCUT2D eigenvalue weighted by Crippen LogP contribution is 2.08. The molecule has 1 aromatic heterocycles. The summed E-state index contributed by atoms with van der Waals surface area (Å²) in [5, 5.41) is 17.2. The summed E-state index contributed by atoms with van der Waals surface area (Å²) in [5.41, 5.74) is 1.05. The lowest BCUT2D eigenvalue weighted by molar-refractivity contribution is 0.678. The molecular weight excluding hydrogens is 174 g/mol. The molecular formula is C11H11N3. The molecule has 0 saturated carbocycles. The van der Waals surface area contributed by atoms with E-state index in [9.17, 15) is 0 Å². The van der Waals surface area contributed by atoms with Gasteiger partial charge in [-0.25, -0.2) is 0 Å². The van der Waals surface area contributed by atoms with E-state index in [1.54, 1.807) is 6.08 Å². The van der Waals surface area contributed by atoms with E-state index in [-0.39, 0.29) is 5.57 Å². The lowest BCUT2D eigenvalue weighted by atomic mass is 10.2. The predicted molar refractivity (Wildman–Crippen MR) is 53.9 cm³/mol. The maximum absolute atomic E-state index is 8.60. The van der Waals surface area contributed by atoms with Gasteiger partial charge in [0.15, 0.2) is 0 Å². The third-order valence-electron chi connectivity index (χ3n) is 1.86. The highest BCUT2D eigenvalue weighted by molar-refractivity contribution is 5.60. The fourth-order valence-electron chi connectivity index (χ4n) is 1.24. The Morgan fingerprint density at radius 2 is 2.21 bits per heavy atom. The quantitative estimate of drug-likeness (QED) is 0.678. The summed E-state index contributed by atoms with van der Waals surface area (Å²) in [5.74, 6) is 0. The number of nitriles is 2. The van der Waals surface area contributed by atoms with Crippen LogP contribution in [0.2, 0.25) is 0 Å². The molecule has 70 valence electrons. The Morgan fingerprint density at radius 3 is 2.79 bits per heavy atom. The Kier molecular flexibility index (Phi) is 3.52. The Bertz CT molecular complexity index is 396. The molecule has 1 heterocycles. The fourth-order valence-corrected chi connectivity index (χ4v) is 1.24. The van der Waals surface area contributed by atoms with Gasteiger partial charge in [-0.1, -0.05) is 6.92 Å². The lowest BCUT2D eigenvalue weighted by Crippen LogP contribution is -1.96. The number of rotatable bonds is 3. The number of aromatic nitrogens is 1. The van der Waals surface area contributed by atoms with Crippen LogP contribution in [0.1, 0.15) is 19.0 Å². The van der Waals surface area contributed by atoms with Crippen LogP contribution >= 0.6 is 0 Å². The SMILES string of the molecule is CCCn1cccc1C=C(C#N)C#N. The number of hydrogen-bond acceptors (Lipinski definition) is 2. The predicted octanol–water partition coefficient (Wildman–Crippen LogP) is 2.33. The second-order valence-corrected chi connectivity index (χ2v) is 2.91. The van der Waals surface area contributed by atoms with Crippen molar-refractivity contribution in [1.82, 2.24) is 4.57 Å². The largest absolute Gasteiger partial charge is 0.348 e. The Morgan fingerprint density at radius 1 is 1.50 bits per heavy atom. The smallest absolute Gasteiger partial charge is 0.131 e. The monoisotopic (exact) mass is 185 g/mol. The van der Waals surface area contributed by atoms with Crippen molar-refractivity contribution in [3.05, 3.63) is 29.6 Å². The standard InChI is InChI=1S/C11H11N3/c1-2-5-14-6-3-4-11(14)7-10(8-12)9-13/h3-4,6-7H,2,5H2,1H3. The van der Waals surface area contributed by atoms with Gasteiger partial charge in [0.2, 0.25) is 0 Å². The fraction of sp³-hybridized carbons (Fsp3) is 0.273. The summed E-state index contributed by atoms with van der Waals surface area (Å²) < 4.78 is 2.02. The van der Waals surface area contributed by atoms with Crippen molar-refractivity contribution in [1.29, 1.82) is 10.5 Å². The molecule has 0 N–H and O–H groups in total. The molecule has 14 heavy (non-hydrogen) atoms. The number of nitrogens with zero attached hydrogens (tertiary/aromatic N) is 3. The van der Waals surface area contributed by atoms with Gasteiger partial charge in [-0.2, -0.15) is 10.5 Å². The summed E-state index contributed by atoms with van der Waals surface area (Å²) in [7, 11) is 0. The molecule has 0 fully saturated rings. The van der Waals surface area contributed by atoms with Crippen LogP contribution in [0.3, 0.4) is 0 Å². The number of allylic oxidation sites excluding steroid dienone is 1. The molecule has 3 heteroatoms. The first kappa shape index (κ1) is 10.1. The first-order chi connectivity index (χ1) is 6.81. The summed E-state index contributed by atoms with van der Waals surface area (Å²) in [6.07, 6.45) is 4.58. The molecule has 3 nitrogen and oxygen atoms in total. The molecule has 0 aromatic carbocycles. The van der Waals surface area contributed by atoms with Gasteiger partial charge in [0, 0.05) is 18.4 Å². The van der Waals surface area contributed by atoms with Crippen molar-refractivity contribution in [2.45, 2.75) is 19.9 Å². The maximum Gasteiger partial charge on any atom is 0.131 e. The second kappa shape index (κ2) is 4.89. The van der Waals surface area contributed by atoms with Gasteiger partial charge in [0.25, 0.3) is 0 Å². The molecule has 0 spiro atoms. The normalized spacial score (nSPS) is 8.79. The Balaban J connectivity index is 2.98. The first-order valence-corrected chi connectivity index (χ1v) is 4.49. The van der Waals surface area contributed by atoms with E-state index >= 15 is 0 Å². The van der Waals surface area contributed by atoms with E-state index in [4.69, 9.17) is 10.5 Å². The van der Waals surface area contributed by atoms with Crippen LogP contribution < -0.4 is 0 Å². The van der Waals surface area contributed by atoms with E-state index in [1.165, 1.54) is 0 Å². The van der Waals surface area contributed by atoms with Crippen LogP contribution in [0, 0.1) is 22.7 Å². The minimum atomic E-state index is 0.140. The summed E-state index contributed by atoms with van der Waals surface area (Å²) >= 11 is 0. The third-order valence-corrected chi connectivity index (χ3v) is 1.86. The molecule has 0 saturated heterocycles. The van der Waals surface area contributed by atoms with Crippen molar-refractivity contribution in [2.75, 3.05) is 0 Å². The molecule has 0 aliphatic rings. The molecule has 0 amide bonds. The molecule has 1 rings (SSSR count). The molecule has 0 aliphatic heterocycles. The van der Waals surface area contributed by atoms with E-state index in [2.05, 4.69) is 6.92 Å². The van der Waals surface area contributed by atoms with E-state index in [1.807, 2.05) is 35.0 Å². The molecule has 0 atom stereocenters. The lowest BCUT2D eigenvalue weighted by Gasteiger charge is -2.02. The first-order valence-electron chi connectivity index (χ1n) is 4.49. The molecule has 0 radical (unpaired) electrons. The average molecular weight is 185 g/mol. The van der Waals surface area contributed by atoms with Crippen LogP contribution in [0.4, 0.5) is 0 Å². The summed E-state index contributed by atoms with van der Waals surface area (Å²) in [6.45, 7) is 2.99. The van der Waals surface area contributed by atoms with Crippen LogP contribution in [0.25, 0.3) is 6.08 Å². The van der Waals surface area contributed by atoms with Gasteiger partial charge in [0.05, 0.1) is 0 Å². The Hall–Kier alpha value is -2.00. The zero-order chi connectivity index (χ0) is 10.4. The molecule has 0 bridgehead atoms. The van der Waals surface area contributed by atoms with Crippen LogP contribution in [0.15, 0.2) is 23.9 Å². The van der Waals surface area contributed by atoms with Crippen molar-refractivity contribution < 1.29 is 0 Å². The van der Waals surface area contributed by atoms with Gasteiger partial charge >= 0.3 is 0 Å². The second-order valence-electron chi connectivity index (χ2n) is 2.91. The zero-order valence-corrected chi connectivity index (χ0v) is 8.07. The van der Waals surface area contributed by atoms with Crippen LogP contribution in [-0.2, 0) is 6.54 Å². The maximum atomic E-state index is 8.60. The topological polar surface area (TPSA) is 52.5 Å². The van der Waals surface area contributed by atoms with Gasteiger partial charge in [-0.15, -0.1) is 0 Å². The molecule has 0 unspecified atom stereocenters. The summed E-state index contributed by atoms with van der Waals surface area (Å²) in [4.78, 5) is 0. The van der Waals surface area contributed by atoms with Gasteiger partial charge in [0.1, 0.15) is 17.7 Å². The highest BCUT2D eigenvalue weighted by Gasteiger charge is 1.98. The van der Waals surface area contributed by atoms with Gasteiger partial charge in [-0.05, 0) is 24.6 Å². The van der Waals surface area contributed by atoms with E-state index < -0.39 is 0 Å². The third kappa shape index (κ3) is 2.24. The zero-order valence-electron chi connectivity index (χ0n) is 8.07. The number of hydrogen-bond donors (Lipinski definition) is 0. The van der Waals surface area contributed by atoms with E-state index in [0.29, 0.717) is 0 Å². The van der Waals surface area contributed by atoms with Crippen LogP contribution in [-0.4, -0.2) is 4.57 Å². The van der Waals surface area contributed by atoms with Crippen molar-refractivity contribution in [2.24, 2.45) is 0 Å². The van der Waals surface area contributed by atoms with Gasteiger partial charge < -0.3 is 4.57 Å². The Labute approximate surface area is 83.5 Å². The minimum Gasteiger partial charge on any atom is -0.348 e. The minimum absolute atomic E-state index is 0.140. The van der Waals surface area contributed by atoms with E-state index in [0.717, 1.165) is 18.7 Å². The average Bonchev–Trinajstić information content (AvgIpc) is 2.62. The van der Waals surface area contributed by atoms with Crippen molar-refractivity contribution in [3.8, 4) is 12.1 Å². The molecule has 1 aromatic rings. The van der Waals surface area contributed by atoms with Crippen molar-refractivity contribution in [3.63, 3.8) is 0 Å². The highest BCUT2D eigenvalue weighted by atomic mass is 15.0. The van der Waals surface area contributed by atoms with Crippen LogP contribution in [0.5, 0.6) is 0 Å².